The van der Waals surface area contributed by atoms with Gasteiger partial charge in [0.2, 0.25) is 5.78 Å². The molecule has 0 aliphatic carbocycles. The Balaban J connectivity index is 1.92. The van der Waals surface area contributed by atoms with Gasteiger partial charge in [-0.05, 0) is 45.0 Å². The normalized spacial score (nSPS) is 16.2. The van der Waals surface area contributed by atoms with Crippen LogP contribution in [0.15, 0.2) is 24.3 Å². The Morgan fingerprint density at radius 3 is 2.91 bits per heavy atom. The summed E-state index contributed by atoms with van der Waals surface area (Å²) in [6.07, 6.45) is 1.79. The molecule has 1 aromatic carbocycles. The maximum Gasteiger partial charge on any atom is 0.201 e. The van der Waals surface area contributed by atoms with Gasteiger partial charge < -0.3 is 14.6 Å². The van der Waals surface area contributed by atoms with E-state index in [1.165, 1.54) is 0 Å². The van der Waals surface area contributed by atoms with Crippen molar-refractivity contribution >= 4 is 16.8 Å². The van der Waals surface area contributed by atoms with Crippen LogP contribution in [0.25, 0.3) is 11.0 Å². The molecule has 1 aliphatic rings. The SMILES string of the molecule is CCOCCn1c(C(=O)C2CCNCC2)nc2ccccc21. The number of imidazole rings is 1. The average molecular weight is 301 g/mol. The number of fused-ring (bicyclic) bond motifs is 1. The van der Waals surface area contributed by atoms with Crippen molar-refractivity contribution in [3.63, 3.8) is 0 Å². The van der Waals surface area contributed by atoms with Crippen LogP contribution < -0.4 is 5.32 Å². The number of carbonyl (C=O) groups is 1. The number of piperidine rings is 1. The molecule has 5 heteroatoms. The quantitative estimate of drug-likeness (QED) is 0.657. The van der Waals surface area contributed by atoms with Crippen LogP contribution in [0.1, 0.15) is 30.4 Å². The van der Waals surface area contributed by atoms with Crippen LogP contribution in [0.3, 0.4) is 0 Å². The summed E-state index contributed by atoms with van der Waals surface area (Å²) in [5.74, 6) is 0.853. The molecule has 0 radical (unpaired) electrons. The van der Waals surface area contributed by atoms with Crippen molar-refractivity contribution in [3.8, 4) is 0 Å². The van der Waals surface area contributed by atoms with Crippen LogP contribution in [-0.4, -0.2) is 41.6 Å². The minimum Gasteiger partial charge on any atom is -0.380 e. The zero-order valence-electron chi connectivity index (χ0n) is 13.0. The fourth-order valence-corrected chi connectivity index (χ4v) is 3.06. The molecule has 1 aromatic heterocycles. The van der Waals surface area contributed by atoms with Gasteiger partial charge >= 0.3 is 0 Å². The summed E-state index contributed by atoms with van der Waals surface area (Å²) in [6.45, 7) is 5.76. The van der Waals surface area contributed by atoms with Gasteiger partial charge in [-0.15, -0.1) is 0 Å². The molecule has 3 rings (SSSR count). The van der Waals surface area contributed by atoms with E-state index in [4.69, 9.17) is 4.74 Å². The number of benzene rings is 1. The zero-order valence-corrected chi connectivity index (χ0v) is 13.0. The summed E-state index contributed by atoms with van der Waals surface area (Å²) in [5.41, 5.74) is 1.90. The Bertz CT molecular complexity index is 644. The number of aromatic nitrogens is 2. The molecule has 0 bridgehead atoms. The van der Waals surface area contributed by atoms with E-state index in [1.54, 1.807) is 0 Å². The Morgan fingerprint density at radius 1 is 1.36 bits per heavy atom. The van der Waals surface area contributed by atoms with Crippen LogP contribution >= 0.6 is 0 Å². The maximum absolute atomic E-state index is 12.9. The minimum atomic E-state index is 0.0869. The van der Waals surface area contributed by atoms with Crippen LogP contribution in [-0.2, 0) is 11.3 Å². The minimum absolute atomic E-state index is 0.0869. The second-order valence-electron chi connectivity index (χ2n) is 5.66. The highest BCUT2D eigenvalue weighted by molar-refractivity contribution is 5.98. The van der Waals surface area contributed by atoms with E-state index < -0.39 is 0 Å². The molecule has 0 atom stereocenters. The largest absolute Gasteiger partial charge is 0.380 e. The van der Waals surface area contributed by atoms with E-state index in [-0.39, 0.29) is 11.7 Å². The third-order valence-electron chi connectivity index (χ3n) is 4.25. The number of rotatable bonds is 6. The highest BCUT2D eigenvalue weighted by Gasteiger charge is 2.26. The third kappa shape index (κ3) is 3.05. The molecule has 2 heterocycles. The first kappa shape index (κ1) is 15.2. The Labute approximate surface area is 130 Å². The standard InChI is InChI=1S/C17H23N3O2/c1-2-22-12-11-20-15-6-4-3-5-14(15)19-17(20)16(21)13-7-9-18-10-8-13/h3-6,13,18H,2,7-12H2,1H3. The van der Waals surface area contributed by atoms with Crippen molar-refractivity contribution in [1.82, 2.24) is 14.9 Å². The highest BCUT2D eigenvalue weighted by atomic mass is 16.5. The molecule has 0 amide bonds. The van der Waals surface area contributed by atoms with Crippen molar-refractivity contribution in [2.75, 3.05) is 26.3 Å². The van der Waals surface area contributed by atoms with Crippen molar-refractivity contribution in [2.24, 2.45) is 5.92 Å². The number of Topliss-reactive ketones (excluding diaryl/α,β-unsaturated/α-hetero) is 1. The fourth-order valence-electron chi connectivity index (χ4n) is 3.06. The lowest BCUT2D eigenvalue weighted by atomic mass is 9.93. The van der Waals surface area contributed by atoms with Gasteiger partial charge in [-0.3, -0.25) is 4.79 Å². The van der Waals surface area contributed by atoms with Crippen LogP contribution in [0.2, 0.25) is 0 Å². The number of ether oxygens (including phenoxy) is 1. The molecular weight excluding hydrogens is 278 g/mol. The molecule has 1 N–H and O–H groups in total. The van der Waals surface area contributed by atoms with Gasteiger partial charge in [-0.1, -0.05) is 12.1 Å². The van der Waals surface area contributed by atoms with Crippen molar-refractivity contribution < 1.29 is 9.53 Å². The van der Waals surface area contributed by atoms with E-state index in [2.05, 4.69) is 10.3 Å². The number of hydrogen-bond acceptors (Lipinski definition) is 4. The van der Waals surface area contributed by atoms with E-state index in [1.807, 2.05) is 35.8 Å². The predicted molar refractivity (Wildman–Crippen MR) is 86.2 cm³/mol. The number of nitrogens with zero attached hydrogens (tertiary/aromatic N) is 2. The molecule has 5 nitrogen and oxygen atoms in total. The summed E-state index contributed by atoms with van der Waals surface area (Å²) >= 11 is 0. The lowest BCUT2D eigenvalue weighted by Crippen LogP contribution is -2.33. The second-order valence-corrected chi connectivity index (χ2v) is 5.66. The van der Waals surface area contributed by atoms with E-state index in [0.717, 1.165) is 37.0 Å². The first-order chi connectivity index (χ1) is 10.8. The predicted octanol–water partition coefficient (Wildman–Crippen LogP) is 2.26. The van der Waals surface area contributed by atoms with Gasteiger partial charge in [0.25, 0.3) is 0 Å². The Kier molecular flexibility index (Phi) is 4.85. The Hall–Kier alpha value is -1.72. The first-order valence-corrected chi connectivity index (χ1v) is 8.09. The van der Waals surface area contributed by atoms with E-state index >= 15 is 0 Å². The molecule has 1 aliphatic heterocycles. The van der Waals surface area contributed by atoms with E-state index in [0.29, 0.717) is 25.6 Å². The number of hydrogen-bond donors (Lipinski definition) is 1. The number of para-hydroxylation sites is 2. The van der Waals surface area contributed by atoms with Gasteiger partial charge in [0.05, 0.1) is 17.6 Å². The molecule has 2 aromatic rings. The lowest BCUT2D eigenvalue weighted by molar-refractivity contribution is 0.0875. The smallest absolute Gasteiger partial charge is 0.201 e. The monoisotopic (exact) mass is 301 g/mol. The fraction of sp³-hybridized carbons (Fsp3) is 0.529. The molecule has 1 saturated heterocycles. The Morgan fingerprint density at radius 2 is 2.14 bits per heavy atom. The summed E-state index contributed by atoms with van der Waals surface area (Å²) in [7, 11) is 0. The first-order valence-electron chi connectivity index (χ1n) is 8.09. The number of carbonyl (C=O) groups excluding carboxylic acids is 1. The third-order valence-corrected chi connectivity index (χ3v) is 4.25. The number of ketones is 1. The summed E-state index contributed by atoms with van der Waals surface area (Å²) in [5, 5.41) is 3.30. The molecule has 0 unspecified atom stereocenters. The summed E-state index contributed by atoms with van der Waals surface area (Å²) < 4.78 is 7.49. The van der Waals surface area contributed by atoms with Crippen molar-refractivity contribution in [2.45, 2.75) is 26.3 Å². The molecule has 22 heavy (non-hydrogen) atoms. The van der Waals surface area contributed by atoms with Gasteiger partial charge in [0, 0.05) is 19.1 Å². The second kappa shape index (κ2) is 7.03. The number of nitrogens with one attached hydrogen (secondary N) is 1. The summed E-state index contributed by atoms with van der Waals surface area (Å²) in [4.78, 5) is 17.5. The van der Waals surface area contributed by atoms with Crippen LogP contribution in [0.5, 0.6) is 0 Å². The zero-order chi connectivity index (χ0) is 15.4. The van der Waals surface area contributed by atoms with Crippen molar-refractivity contribution in [3.05, 3.63) is 30.1 Å². The lowest BCUT2D eigenvalue weighted by Gasteiger charge is -2.21. The van der Waals surface area contributed by atoms with Crippen LogP contribution in [0, 0.1) is 5.92 Å². The van der Waals surface area contributed by atoms with Gasteiger partial charge in [0.1, 0.15) is 0 Å². The van der Waals surface area contributed by atoms with Gasteiger partial charge in [0.15, 0.2) is 5.82 Å². The molecule has 0 saturated carbocycles. The molecule has 118 valence electrons. The average Bonchev–Trinajstić information content (AvgIpc) is 2.94. The maximum atomic E-state index is 12.9. The highest BCUT2D eigenvalue weighted by Crippen LogP contribution is 2.22. The van der Waals surface area contributed by atoms with Crippen LogP contribution in [0.4, 0.5) is 0 Å². The molecule has 1 fully saturated rings. The topological polar surface area (TPSA) is 56.1 Å². The molecule has 0 spiro atoms. The van der Waals surface area contributed by atoms with Crippen molar-refractivity contribution in [1.29, 1.82) is 0 Å². The molecular formula is C17H23N3O2. The summed E-state index contributed by atoms with van der Waals surface area (Å²) in [6, 6.07) is 7.93. The van der Waals surface area contributed by atoms with E-state index in [9.17, 15) is 4.79 Å². The van der Waals surface area contributed by atoms with Gasteiger partial charge in [-0.2, -0.15) is 0 Å². The van der Waals surface area contributed by atoms with Gasteiger partial charge in [-0.25, -0.2) is 4.98 Å².